The van der Waals surface area contributed by atoms with E-state index in [1.165, 1.54) is 0 Å². The summed E-state index contributed by atoms with van der Waals surface area (Å²) in [6, 6.07) is 0. The molecule has 0 saturated heterocycles. The van der Waals surface area contributed by atoms with Crippen LogP contribution in [0.25, 0.3) is 0 Å². The van der Waals surface area contributed by atoms with Gasteiger partial charge in [0.05, 0.1) is 13.2 Å². The van der Waals surface area contributed by atoms with Crippen molar-refractivity contribution in [3.8, 4) is 0 Å². The molecule has 0 aliphatic rings. The third-order valence-corrected chi connectivity index (χ3v) is 0.492. The first kappa shape index (κ1) is 13.9. The van der Waals surface area contributed by atoms with E-state index in [2.05, 4.69) is 9.47 Å². The predicted octanol–water partition coefficient (Wildman–Crippen LogP) is 2.35. The molecule has 0 N–H and O–H groups in total. The van der Waals surface area contributed by atoms with Crippen LogP contribution in [0, 0.1) is 0 Å². The molecule has 2 nitrogen and oxygen atoms in total. The fraction of sp³-hybridized carbons (Fsp3) is 1.00. The fourth-order valence-corrected chi connectivity index (χ4v) is 0.167. The van der Waals surface area contributed by atoms with Gasteiger partial charge in [-0.2, -0.15) is 0 Å². The number of hydrogen-bond donors (Lipinski definition) is 0. The molecule has 0 aromatic heterocycles. The maximum atomic E-state index is 4.95. The van der Waals surface area contributed by atoms with Crippen molar-refractivity contribution in [2.45, 2.75) is 0 Å². The molecule has 0 amide bonds. The molecule has 0 aromatic rings. The van der Waals surface area contributed by atoms with E-state index in [-0.39, 0.29) is 0 Å². The molecule has 0 unspecified atom stereocenters. The van der Waals surface area contributed by atoms with E-state index in [1.54, 1.807) is 14.2 Å². The molecular weight excluding hydrogens is 237 g/mol. The third-order valence-electron chi connectivity index (χ3n) is 0.492. The van der Waals surface area contributed by atoms with Crippen LogP contribution in [0.4, 0.5) is 0 Å². The van der Waals surface area contributed by atoms with Gasteiger partial charge in [-0.05, 0) is 0 Å². The van der Waals surface area contributed by atoms with Crippen molar-refractivity contribution in [1.82, 2.24) is 0 Å². The Labute approximate surface area is 78.6 Å². The first-order chi connectivity index (χ1) is 4.65. The van der Waals surface area contributed by atoms with Crippen molar-refractivity contribution in [2.24, 2.45) is 0 Å². The summed E-state index contributed by atoms with van der Waals surface area (Å²) in [6.45, 7) is 1.38. The summed E-state index contributed by atoms with van der Waals surface area (Å²) in [6.07, 6.45) is 0. The van der Waals surface area contributed by atoms with Gasteiger partial charge in [0, 0.05) is 14.2 Å². The minimum atomic E-state index is -1.77. The van der Waals surface area contributed by atoms with Crippen LogP contribution in [0.1, 0.15) is 0 Å². The van der Waals surface area contributed by atoms with Gasteiger partial charge in [-0.25, -0.2) is 0 Å². The van der Waals surface area contributed by atoms with E-state index < -0.39 is 12.3 Å². The minimum absolute atomic E-state index is 0.691. The molecule has 0 aliphatic heterocycles. The second kappa shape index (κ2) is 13.0. The number of rotatable bonds is 3. The molecule has 0 spiro atoms. The second-order valence-electron chi connectivity index (χ2n) is 1.18. The van der Waals surface area contributed by atoms with E-state index in [0.717, 1.165) is 0 Å². The van der Waals surface area contributed by atoms with Gasteiger partial charge in [0.2, 0.25) is 0 Å². The van der Waals surface area contributed by atoms with Gasteiger partial charge >= 0.3 is 41.8 Å². The average Bonchev–Trinajstić information content (AvgIpc) is 1.82. The van der Waals surface area contributed by atoms with Crippen LogP contribution in [-0.2, 0) is 21.8 Å². The summed E-state index contributed by atoms with van der Waals surface area (Å²) in [5, 5.41) is 0. The van der Waals surface area contributed by atoms with Crippen molar-refractivity contribution in [1.29, 1.82) is 0 Å². The van der Waals surface area contributed by atoms with Gasteiger partial charge in [0.1, 0.15) is 0 Å². The summed E-state index contributed by atoms with van der Waals surface area (Å²) in [4.78, 5) is 0. The zero-order valence-electron chi connectivity index (χ0n) is 5.81. The van der Waals surface area contributed by atoms with Crippen LogP contribution in [-0.4, -0.2) is 27.4 Å². The van der Waals surface area contributed by atoms with Crippen molar-refractivity contribution >= 4 is 29.5 Å². The first-order valence-electron chi connectivity index (χ1n) is 2.40. The fourth-order valence-electron chi connectivity index (χ4n) is 0.167. The molecular formula is C4H10Cl3O2V. The Hall–Kier alpha value is 1.37. The Bertz CT molecular complexity index is 49.0. The van der Waals surface area contributed by atoms with Gasteiger partial charge < -0.3 is 9.47 Å². The van der Waals surface area contributed by atoms with Crippen molar-refractivity contribution in [2.75, 3.05) is 27.4 Å². The summed E-state index contributed by atoms with van der Waals surface area (Å²) in [5.41, 5.74) is 0. The zero-order chi connectivity index (χ0) is 8.41. The van der Waals surface area contributed by atoms with Crippen molar-refractivity contribution in [3.05, 3.63) is 0 Å². The Morgan fingerprint density at radius 3 is 1.30 bits per heavy atom. The quantitative estimate of drug-likeness (QED) is 0.713. The maximum absolute atomic E-state index is 4.95. The number of methoxy groups -OCH3 is 2. The number of ether oxygens (including phenoxy) is 2. The van der Waals surface area contributed by atoms with Crippen molar-refractivity contribution in [3.63, 3.8) is 0 Å². The van der Waals surface area contributed by atoms with Gasteiger partial charge in [0.15, 0.2) is 0 Å². The summed E-state index contributed by atoms with van der Waals surface area (Å²) >= 11 is -1.77. The van der Waals surface area contributed by atoms with Gasteiger partial charge in [-0.3, -0.25) is 0 Å². The van der Waals surface area contributed by atoms with Crippen molar-refractivity contribution < 1.29 is 21.8 Å². The monoisotopic (exact) mass is 246 g/mol. The average molecular weight is 247 g/mol. The second-order valence-corrected chi connectivity index (χ2v) is 8.10. The molecule has 0 saturated carbocycles. The van der Waals surface area contributed by atoms with E-state index in [1.807, 2.05) is 0 Å². The third kappa shape index (κ3) is 34.4. The zero-order valence-corrected chi connectivity index (χ0v) is 9.48. The van der Waals surface area contributed by atoms with Crippen LogP contribution in [0.2, 0.25) is 0 Å². The van der Waals surface area contributed by atoms with E-state index in [9.17, 15) is 0 Å². The standard InChI is InChI=1S/C4H10O2.3ClH.V/c1-5-3-4-6-2;;;;/h3-4H2,1-2H3;3*1H;/q;;;;+3/p-3. The summed E-state index contributed by atoms with van der Waals surface area (Å²) < 4.78 is 9.31. The molecule has 0 atom stereocenters. The Kier molecular flexibility index (Phi) is 18.1. The molecule has 0 radical (unpaired) electrons. The molecule has 0 fully saturated rings. The van der Waals surface area contributed by atoms with E-state index >= 15 is 0 Å². The molecule has 64 valence electrons. The number of halogens is 3. The predicted molar refractivity (Wildman–Crippen MR) is 41.3 cm³/mol. The van der Waals surface area contributed by atoms with Crippen LogP contribution in [0.3, 0.4) is 0 Å². The van der Waals surface area contributed by atoms with Crippen LogP contribution < -0.4 is 0 Å². The van der Waals surface area contributed by atoms with E-state index in [4.69, 9.17) is 29.5 Å². The normalized spacial score (nSPS) is 9.00. The molecule has 0 bridgehead atoms. The Morgan fingerprint density at radius 1 is 1.00 bits per heavy atom. The Morgan fingerprint density at radius 2 is 1.20 bits per heavy atom. The van der Waals surface area contributed by atoms with E-state index in [0.29, 0.717) is 13.2 Å². The number of hydrogen-bond acceptors (Lipinski definition) is 2. The first-order valence-corrected chi connectivity index (χ1v) is 8.17. The van der Waals surface area contributed by atoms with Gasteiger partial charge in [-0.1, -0.05) is 0 Å². The molecule has 0 rings (SSSR count). The SMILES string of the molecule is COCCOC.[Cl][V]([Cl])[Cl]. The molecule has 6 heteroatoms. The van der Waals surface area contributed by atoms with Crippen LogP contribution in [0.5, 0.6) is 0 Å². The topological polar surface area (TPSA) is 18.5 Å². The summed E-state index contributed by atoms with van der Waals surface area (Å²) in [7, 11) is 18.2. The van der Waals surface area contributed by atoms with Crippen LogP contribution in [0.15, 0.2) is 0 Å². The molecule has 0 aromatic carbocycles. The molecule has 0 aliphatic carbocycles. The van der Waals surface area contributed by atoms with Gasteiger partial charge in [0.25, 0.3) is 0 Å². The Balaban J connectivity index is 0. The molecule has 10 heavy (non-hydrogen) atoms. The summed E-state index contributed by atoms with van der Waals surface area (Å²) in [5.74, 6) is 0. The van der Waals surface area contributed by atoms with Crippen LogP contribution >= 0.6 is 29.5 Å². The van der Waals surface area contributed by atoms with Gasteiger partial charge in [-0.15, -0.1) is 0 Å². The molecule has 0 heterocycles.